The molecule has 0 aliphatic carbocycles. The van der Waals surface area contributed by atoms with E-state index in [1.165, 1.54) is 23.9 Å². The summed E-state index contributed by atoms with van der Waals surface area (Å²) in [5.41, 5.74) is 1.73. The molecule has 7 heteroatoms. The van der Waals surface area contributed by atoms with Crippen molar-refractivity contribution in [3.05, 3.63) is 70.5 Å². The van der Waals surface area contributed by atoms with Crippen molar-refractivity contribution >= 4 is 35.2 Å². The summed E-state index contributed by atoms with van der Waals surface area (Å²) >= 11 is 7.61. The minimum atomic E-state index is -0.580. The Morgan fingerprint density at radius 1 is 1.18 bits per heavy atom. The van der Waals surface area contributed by atoms with Crippen LogP contribution in [-0.4, -0.2) is 35.6 Å². The molecule has 0 unspecified atom stereocenters. The van der Waals surface area contributed by atoms with E-state index in [1.54, 1.807) is 24.1 Å². The zero-order valence-corrected chi connectivity index (χ0v) is 17.5. The molecule has 4 nitrogen and oxygen atoms in total. The number of thioether (sulfide) groups is 1. The molecule has 0 bridgehead atoms. The number of nitrogens with one attached hydrogen (secondary N) is 1. The minimum absolute atomic E-state index is 0.142. The maximum Gasteiger partial charge on any atom is 0.242 e. The molecule has 1 atom stereocenters. The number of hydrogen-bond acceptors (Lipinski definition) is 3. The van der Waals surface area contributed by atoms with Crippen molar-refractivity contribution in [2.45, 2.75) is 31.7 Å². The van der Waals surface area contributed by atoms with E-state index in [-0.39, 0.29) is 29.9 Å². The van der Waals surface area contributed by atoms with Crippen LogP contribution >= 0.6 is 23.4 Å². The van der Waals surface area contributed by atoms with E-state index in [0.29, 0.717) is 17.2 Å². The van der Waals surface area contributed by atoms with E-state index in [0.717, 1.165) is 11.1 Å². The fourth-order valence-corrected chi connectivity index (χ4v) is 4.02. The maximum absolute atomic E-state index is 13.2. The molecular formula is C21H24ClFN2O2S. The summed E-state index contributed by atoms with van der Waals surface area (Å²) in [5, 5.41) is 3.29. The van der Waals surface area contributed by atoms with Gasteiger partial charge in [0.25, 0.3) is 0 Å². The Morgan fingerprint density at radius 3 is 2.46 bits per heavy atom. The van der Waals surface area contributed by atoms with Crippen molar-refractivity contribution < 1.29 is 14.0 Å². The largest absolute Gasteiger partial charge is 0.357 e. The normalized spacial score (nSPS) is 11.7. The zero-order chi connectivity index (χ0) is 20.5. The Labute approximate surface area is 174 Å². The summed E-state index contributed by atoms with van der Waals surface area (Å²) in [4.78, 5) is 26.8. The van der Waals surface area contributed by atoms with Gasteiger partial charge in [0.15, 0.2) is 0 Å². The van der Waals surface area contributed by atoms with Gasteiger partial charge in [0.2, 0.25) is 11.8 Å². The van der Waals surface area contributed by atoms with Gasteiger partial charge < -0.3 is 10.2 Å². The molecule has 2 aromatic carbocycles. The van der Waals surface area contributed by atoms with Crippen LogP contribution in [-0.2, 0) is 21.9 Å². The Bertz CT molecular complexity index is 801. The molecule has 0 spiro atoms. The predicted octanol–water partition coefficient (Wildman–Crippen LogP) is 4.27. The first-order chi connectivity index (χ1) is 13.5. The number of carbonyl (C=O) groups excluding carboxylic acids is 2. The number of halogens is 2. The number of likely N-dealkylation sites (N-methyl/N-ethyl adjacent to an activating group) is 1. The molecule has 0 fully saturated rings. The molecule has 0 heterocycles. The molecule has 0 aromatic heterocycles. The van der Waals surface area contributed by atoms with Crippen molar-refractivity contribution in [1.29, 1.82) is 0 Å². The van der Waals surface area contributed by atoms with E-state index in [1.807, 2.05) is 31.2 Å². The molecule has 1 N–H and O–H groups in total. The van der Waals surface area contributed by atoms with Gasteiger partial charge in [0, 0.05) is 24.4 Å². The van der Waals surface area contributed by atoms with E-state index >= 15 is 0 Å². The molecule has 0 saturated heterocycles. The lowest BCUT2D eigenvalue weighted by molar-refractivity contribution is -0.139. The van der Waals surface area contributed by atoms with E-state index in [9.17, 15) is 14.0 Å². The van der Waals surface area contributed by atoms with Gasteiger partial charge in [0.1, 0.15) is 11.9 Å². The molecule has 2 aromatic rings. The molecule has 0 radical (unpaired) electrons. The smallest absolute Gasteiger partial charge is 0.242 e. The number of nitrogens with zero attached hydrogens (tertiary/aromatic N) is 1. The first-order valence-electron chi connectivity index (χ1n) is 9.03. The summed E-state index contributed by atoms with van der Waals surface area (Å²) in [6.45, 7) is 2.11. The van der Waals surface area contributed by atoms with Crippen molar-refractivity contribution in [3.63, 3.8) is 0 Å². The second-order valence-electron chi connectivity index (χ2n) is 6.27. The maximum atomic E-state index is 13.2. The van der Waals surface area contributed by atoms with Crippen LogP contribution in [0.15, 0.2) is 48.5 Å². The average molecular weight is 423 g/mol. The van der Waals surface area contributed by atoms with Crippen LogP contribution in [0.2, 0.25) is 5.02 Å². The van der Waals surface area contributed by atoms with Crippen LogP contribution in [0.4, 0.5) is 4.39 Å². The van der Waals surface area contributed by atoms with Crippen LogP contribution in [0, 0.1) is 5.82 Å². The molecule has 2 amide bonds. The quantitative estimate of drug-likeness (QED) is 0.656. The number of amides is 2. The van der Waals surface area contributed by atoms with Gasteiger partial charge in [0.05, 0.1) is 5.75 Å². The van der Waals surface area contributed by atoms with Crippen molar-refractivity contribution in [1.82, 2.24) is 10.2 Å². The molecule has 2 rings (SSSR count). The van der Waals surface area contributed by atoms with Crippen molar-refractivity contribution in [2.75, 3.05) is 12.8 Å². The Kier molecular flexibility index (Phi) is 8.80. The van der Waals surface area contributed by atoms with Gasteiger partial charge in [-0.05, 0) is 35.7 Å². The molecule has 0 aliphatic heterocycles. The van der Waals surface area contributed by atoms with E-state index in [4.69, 9.17) is 11.6 Å². The molecule has 0 aliphatic rings. The summed E-state index contributed by atoms with van der Waals surface area (Å²) in [7, 11) is 1.55. The lowest BCUT2D eigenvalue weighted by atomic mass is 10.1. The van der Waals surface area contributed by atoms with Crippen molar-refractivity contribution in [2.24, 2.45) is 0 Å². The Balaban J connectivity index is 2.10. The third-order valence-electron chi connectivity index (χ3n) is 4.34. The van der Waals surface area contributed by atoms with Crippen LogP contribution in [0.5, 0.6) is 0 Å². The fourth-order valence-electron chi connectivity index (χ4n) is 2.82. The molecular weight excluding hydrogens is 399 g/mol. The first kappa shape index (κ1) is 22.2. The van der Waals surface area contributed by atoms with Gasteiger partial charge in [-0.3, -0.25) is 9.59 Å². The predicted molar refractivity (Wildman–Crippen MR) is 113 cm³/mol. The third-order valence-corrected chi connectivity index (χ3v) is 5.67. The minimum Gasteiger partial charge on any atom is -0.357 e. The molecule has 0 saturated carbocycles. The highest BCUT2D eigenvalue weighted by atomic mass is 35.5. The Hall–Kier alpha value is -2.05. The van der Waals surface area contributed by atoms with Crippen LogP contribution < -0.4 is 5.32 Å². The first-order valence-corrected chi connectivity index (χ1v) is 10.6. The van der Waals surface area contributed by atoms with Crippen molar-refractivity contribution in [3.8, 4) is 0 Å². The van der Waals surface area contributed by atoms with E-state index < -0.39 is 6.04 Å². The zero-order valence-electron chi connectivity index (χ0n) is 16.0. The highest BCUT2D eigenvalue weighted by molar-refractivity contribution is 7.99. The summed E-state index contributed by atoms with van der Waals surface area (Å²) in [6.07, 6.45) is 0.488. The molecule has 150 valence electrons. The summed E-state index contributed by atoms with van der Waals surface area (Å²) in [5.74, 6) is 0.133. The third kappa shape index (κ3) is 6.24. The topological polar surface area (TPSA) is 49.4 Å². The fraction of sp³-hybridized carbons (Fsp3) is 0.333. The molecule has 28 heavy (non-hydrogen) atoms. The Morgan fingerprint density at radius 2 is 1.86 bits per heavy atom. The number of carbonyl (C=O) groups is 2. The average Bonchev–Trinajstić information content (AvgIpc) is 2.70. The summed E-state index contributed by atoms with van der Waals surface area (Å²) < 4.78 is 13.2. The SMILES string of the molecule is CC[C@@H](C(=O)NC)N(Cc1ccc(F)cc1)C(=O)CSCc1ccccc1Cl. The van der Waals surface area contributed by atoms with E-state index in [2.05, 4.69) is 5.32 Å². The lowest BCUT2D eigenvalue weighted by Crippen LogP contribution is -2.48. The number of hydrogen-bond donors (Lipinski definition) is 1. The van der Waals surface area contributed by atoms with Crippen LogP contribution in [0.1, 0.15) is 24.5 Å². The van der Waals surface area contributed by atoms with Crippen LogP contribution in [0.25, 0.3) is 0 Å². The van der Waals surface area contributed by atoms with Gasteiger partial charge in [-0.25, -0.2) is 4.39 Å². The van der Waals surface area contributed by atoms with Gasteiger partial charge in [-0.15, -0.1) is 11.8 Å². The number of benzene rings is 2. The standard InChI is InChI=1S/C21H24ClFN2O2S/c1-3-19(21(27)24-2)25(12-15-8-10-17(23)11-9-15)20(26)14-28-13-16-6-4-5-7-18(16)22/h4-11,19H,3,12-14H2,1-2H3,(H,24,27)/t19-/m0/s1. The summed E-state index contributed by atoms with van der Waals surface area (Å²) in [6, 6.07) is 12.9. The number of rotatable bonds is 9. The van der Waals surface area contributed by atoms with Gasteiger partial charge in [-0.2, -0.15) is 0 Å². The second kappa shape index (κ2) is 11.1. The monoisotopic (exact) mass is 422 g/mol. The highest BCUT2D eigenvalue weighted by Crippen LogP contribution is 2.22. The highest BCUT2D eigenvalue weighted by Gasteiger charge is 2.27. The second-order valence-corrected chi connectivity index (χ2v) is 7.66. The van der Waals surface area contributed by atoms with Gasteiger partial charge in [-0.1, -0.05) is 48.9 Å². The van der Waals surface area contributed by atoms with Gasteiger partial charge >= 0.3 is 0 Å². The van der Waals surface area contributed by atoms with Crippen LogP contribution in [0.3, 0.4) is 0 Å². The lowest BCUT2D eigenvalue weighted by Gasteiger charge is -2.30.